The number of piperidine rings is 1. The molecule has 1 saturated heterocycles. The summed E-state index contributed by atoms with van der Waals surface area (Å²) in [5.41, 5.74) is 0.243. The molecule has 41 heavy (non-hydrogen) atoms. The number of benzene rings is 1. The number of aliphatic carboxylic acids is 3. The first-order valence-corrected chi connectivity index (χ1v) is 12.8. The van der Waals surface area contributed by atoms with E-state index in [0.29, 0.717) is 0 Å². The van der Waals surface area contributed by atoms with Gasteiger partial charge in [0.15, 0.2) is 22.9 Å². The zero-order valence-electron chi connectivity index (χ0n) is 23.1. The van der Waals surface area contributed by atoms with Gasteiger partial charge in [-0.1, -0.05) is 12.1 Å². The predicted octanol–water partition coefficient (Wildman–Crippen LogP) is 2.67. The van der Waals surface area contributed by atoms with E-state index >= 15 is 0 Å². The van der Waals surface area contributed by atoms with Gasteiger partial charge >= 0.3 is 17.9 Å². The fourth-order valence-corrected chi connectivity index (χ4v) is 4.57. The van der Waals surface area contributed by atoms with Gasteiger partial charge in [-0.2, -0.15) is 0 Å². The SMILES string of the molecule is C=CCc1cc(CN2CCC(C(=O)c3cccnc3)CC2)cc(OC)c1OC.O=C(O)CC(O)(CC(=O)O)C(=O)O. The van der Waals surface area contributed by atoms with Crippen LogP contribution in [0.3, 0.4) is 0 Å². The molecule has 1 aliphatic rings. The molecule has 222 valence electrons. The number of hydrogen-bond acceptors (Lipinski definition) is 9. The number of ether oxygens (including phenoxy) is 2. The van der Waals surface area contributed by atoms with Crippen LogP contribution in [0.5, 0.6) is 11.5 Å². The number of Topliss-reactive ketones (excluding diaryl/α,β-unsaturated/α-hetero) is 1. The largest absolute Gasteiger partial charge is 0.493 e. The summed E-state index contributed by atoms with van der Waals surface area (Å²) < 4.78 is 11.0. The van der Waals surface area contributed by atoms with Crippen molar-refractivity contribution < 1.29 is 49.1 Å². The number of nitrogens with zero attached hydrogens (tertiary/aromatic N) is 2. The van der Waals surface area contributed by atoms with Crippen molar-refractivity contribution in [2.24, 2.45) is 5.92 Å². The van der Waals surface area contributed by atoms with Crippen LogP contribution in [0.1, 0.15) is 47.2 Å². The number of rotatable bonds is 13. The van der Waals surface area contributed by atoms with Gasteiger partial charge in [0.1, 0.15) is 0 Å². The van der Waals surface area contributed by atoms with Crippen molar-refractivity contribution in [1.82, 2.24) is 9.88 Å². The molecule has 0 amide bonds. The highest BCUT2D eigenvalue weighted by Gasteiger charge is 2.40. The fourth-order valence-electron chi connectivity index (χ4n) is 4.57. The summed E-state index contributed by atoms with van der Waals surface area (Å²) in [6, 6.07) is 7.88. The molecular formula is C29H36N2O10. The molecule has 0 radical (unpaired) electrons. The standard InChI is InChI=1S/C23H28N2O3.C6H8O7/c1-4-6-19-13-17(14-21(27-2)23(19)28-3)16-25-11-8-18(9-12-25)22(26)20-7-5-10-24-15-20;7-3(8)1-6(13,5(11)12)2-4(9)10/h4-5,7,10,13-15,18H,1,6,8-9,11-12,16H2,2-3H3;13H,1-2H2,(H,7,8)(H,9,10)(H,11,12). The van der Waals surface area contributed by atoms with Crippen LogP contribution >= 0.6 is 0 Å². The van der Waals surface area contributed by atoms with Gasteiger partial charge in [0.25, 0.3) is 0 Å². The Labute approximate surface area is 237 Å². The number of methoxy groups -OCH3 is 2. The maximum absolute atomic E-state index is 12.6. The average molecular weight is 573 g/mol. The predicted molar refractivity (Wildman–Crippen MR) is 147 cm³/mol. The molecule has 1 aromatic carbocycles. The number of hydrogen-bond donors (Lipinski definition) is 4. The minimum Gasteiger partial charge on any atom is -0.493 e. The third kappa shape index (κ3) is 9.69. The summed E-state index contributed by atoms with van der Waals surface area (Å²) in [4.78, 5) is 49.6. The number of pyridine rings is 1. The molecule has 1 aromatic heterocycles. The van der Waals surface area contributed by atoms with Gasteiger partial charge in [0, 0.05) is 36.0 Å². The minimum absolute atomic E-state index is 0.0854. The Hall–Kier alpha value is -4.29. The summed E-state index contributed by atoms with van der Waals surface area (Å²) in [5, 5.41) is 33.8. The Morgan fingerprint density at radius 2 is 1.71 bits per heavy atom. The van der Waals surface area contributed by atoms with Crippen LogP contribution < -0.4 is 9.47 Å². The lowest BCUT2D eigenvalue weighted by atomic mass is 9.89. The van der Waals surface area contributed by atoms with Crippen molar-refractivity contribution in [2.75, 3.05) is 27.3 Å². The average Bonchev–Trinajstić information content (AvgIpc) is 2.93. The van der Waals surface area contributed by atoms with Crippen LogP contribution in [-0.4, -0.2) is 86.9 Å². The van der Waals surface area contributed by atoms with Gasteiger partial charge in [0.05, 0.1) is 27.1 Å². The first-order chi connectivity index (χ1) is 19.4. The van der Waals surface area contributed by atoms with Crippen molar-refractivity contribution in [3.8, 4) is 11.5 Å². The van der Waals surface area contributed by atoms with Crippen LogP contribution in [0.2, 0.25) is 0 Å². The number of ketones is 1. The van der Waals surface area contributed by atoms with Gasteiger partial charge < -0.3 is 29.9 Å². The zero-order chi connectivity index (χ0) is 30.6. The second-order valence-electron chi connectivity index (χ2n) is 9.62. The third-order valence-electron chi connectivity index (χ3n) is 6.58. The van der Waals surface area contributed by atoms with Crippen LogP contribution in [0.4, 0.5) is 0 Å². The lowest BCUT2D eigenvalue weighted by Gasteiger charge is -2.31. The summed E-state index contributed by atoms with van der Waals surface area (Å²) in [5.74, 6) is -3.20. The number of carbonyl (C=O) groups is 4. The van der Waals surface area contributed by atoms with Crippen molar-refractivity contribution in [3.63, 3.8) is 0 Å². The highest BCUT2D eigenvalue weighted by molar-refractivity contribution is 5.97. The van der Waals surface area contributed by atoms with Gasteiger partial charge in [-0.3, -0.25) is 24.3 Å². The van der Waals surface area contributed by atoms with Gasteiger partial charge in [0.2, 0.25) is 0 Å². The van der Waals surface area contributed by atoms with E-state index in [2.05, 4.69) is 22.5 Å². The molecule has 2 aromatic rings. The molecule has 1 fully saturated rings. The highest BCUT2D eigenvalue weighted by atomic mass is 16.5. The zero-order valence-corrected chi connectivity index (χ0v) is 23.1. The molecule has 0 spiro atoms. The molecule has 3 rings (SSSR count). The number of carboxylic acid groups (broad SMARTS) is 3. The van der Waals surface area contributed by atoms with E-state index in [1.165, 1.54) is 5.56 Å². The molecule has 12 heteroatoms. The number of allylic oxidation sites excluding steroid dienone is 1. The fraction of sp³-hybridized carbons (Fsp3) is 0.414. The number of likely N-dealkylation sites (tertiary alicyclic amines) is 1. The second-order valence-corrected chi connectivity index (χ2v) is 9.62. The molecule has 0 saturated carbocycles. The van der Waals surface area contributed by atoms with E-state index in [1.54, 1.807) is 26.6 Å². The Morgan fingerprint density at radius 1 is 1.07 bits per heavy atom. The smallest absolute Gasteiger partial charge is 0.336 e. The van der Waals surface area contributed by atoms with Crippen LogP contribution in [0.15, 0.2) is 49.3 Å². The minimum atomic E-state index is -2.74. The first kappa shape index (κ1) is 32.9. The molecule has 4 N–H and O–H groups in total. The van der Waals surface area contributed by atoms with E-state index in [-0.39, 0.29) is 11.7 Å². The topological polar surface area (TPSA) is 184 Å². The lowest BCUT2D eigenvalue weighted by molar-refractivity contribution is -0.170. The monoisotopic (exact) mass is 572 g/mol. The Morgan fingerprint density at radius 3 is 2.17 bits per heavy atom. The summed E-state index contributed by atoms with van der Waals surface area (Å²) in [6.07, 6.45) is 5.43. The number of aromatic nitrogens is 1. The molecule has 0 unspecified atom stereocenters. The van der Waals surface area contributed by atoms with Crippen molar-refractivity contribution in [3.05, 3.63) is 66.0 Å². The van der Waals surface area contributed by atoms with Gasteiger partial charge in [-0.05, 0) is 56.1 Å². The third-order valence-corrected chi connectivity index (χ3v) is 6.58. The normalized spacial score (nSPS) is 13.8. The van der Waals surface area contributed by atoms with Crippen molar-refractivity contribution in [1.29, 1.82) is 0 Å². The molecule has 2 heterocycles. The summed E-state index contributed by atoms with van der Waals surface area (Å²) >= 11 is 0. The van der Waals surface area contributed by atoms with Crippen molar-refractivity contribution >= 4 is 23.7 Å². The van der Waals surface area contributed by atoms with E-state index < -0.39 is 36.4 Å². The summed E-state index contributed by atoms with van der Waals surface area (Å²) in [6.45, 7) is 6.48. The molecule has 0 bridgehead atoms. The van der Waals surface area contributed by atoms with Crippen molar-refractivity contribution in [2.45, 2.75) is 44.2 Å². The molecule has 0 atom stereocenters. The lowest BCUT2D eigenvalue weighted by Crippen LogP contribution is -2.42. The van der Waals surface area contributed by atoms with E-state index in [4.69, 9.17) is 29.9 Å². The number of carbonyl (C=O) groups excluding carboxylic acids is 1. The van der Waals surface area contributed by atoms with E-state index in [1.807, 2.05) is 24.3 Å². The van der Waals surface area contributed by atoms with Crippen LogP contribution in [0.25, 0.3) is 0 Å². The Kier molecular flexibility index (Phi) is 12.4. The summed E-state index contributed by atoms with van der Waals surface area (Å²) in [7, 11) is 3.32. The highest BCUT2D eigenvalue weighted by Crippen LogP contribution is 2.34. The Balaban J connectivity index is 0.000000383. The Bertz CT molecular complexity index is 1210. The molecule has 0 aliphatic carbocycles. The van der Waals surface area contributed by atoms with E-state index in [9.17, 15) is 19.2 Å². The van der Waals surface area contributed by atoms with E-state index in [0.717, 1.165) is 61.5 Å². The van der Waals surface area contributed by atoms with Crippen LogP contribution in [0, 0.1) is 5.92 Å². The number of carboxylic acids is 3. The second kappa shape index (κ2) is 15.5. The molecular weight excluding hydrogens is 536 g/mol. The maximum atomic E-state index is 12.6. The molecule has 12 nitrogen and oxygen atoms in total. The maximum Gasteiger partial charge on any atom is 0.336 e. The van der Waals surface area contributed by atoms with Crippen LogP contribution in [-0.2, 0) is 27.3 Å². The first-order valence-electron chi connectivity index (χ1n) is 12.8. The van der Waals surface area contributed by atoms with Gasteiger partial charge in [-0.15, -0.1) is 6.58 Å². The quantitative estimate of drug-likeness (QED) is 0.204. The molecule has 1 aliphatic heterocycles. The number of aliphatic hydroxyl groups is 1. The van der Waals surface area contributed by atoms with Gasteiger partial charge in [-0.25, -0.2) is 4.79 Å².